The van der Waals surface area contributed by atoms with E-state index in [-0.39, 0.29) is 22.1 Å². The number of aryl methyl sites for hydroxylation is 2. The second-order valence-corrected chi connectivity index (χ2v) is 9.63. The molecule has 0 fully saturated rings. The lowest BCUT2D eigenvalue weighted by Crippen LogP contribution is -2.30. The van der Waals surface area contributed by atoms with Gasteiger partial charge in [-0.15, -0.1) is 0 Å². The Morgan fingerprint density at radius 1 is 1.09 bits per heavy atom. The van der Waals surface area contributed by atoms with E-state index in [9.17, 15) is 18.0 Å². The molecule has 2 aromatic carbocycles. The van der Waals surface area contributed by atoms with Crippen LogP contribution in [0, 0.1) is 13.8 Å². The highest BCUT2D eigenvalue weighted by molar-refractivity contribution is 7.89. The lowest BCUT2D eigenvalue weighted by atomic mass is 10.0. The van der Waals surface area contributed by atoms with Crippen LogP contribution in [-0.4, -0.2) is 31.8 Å². The summed E-state index contributed by atoms with van der Waals surface area (Å²) in [5.41, 5.74) is 2.09. The SMILES string of the molecule is CCN(CC)S(=O)(=O)c1ccc(Cl)c(C(=O)OCc2cc(=O)oc3c(C)c(C)ccc23)c1. The first-order valence-electron chi connectivity index (χ1n) is 10.1. The fourth-order valence-corrected chi connectivity index (χ4v) is 5.08. The minimum Gasteiger partial charge on any atom is -0.457 e. The van der Waals surface area contributed by atoms with Gasteiger partial charge in [-0.05, 0) is 43.2 Å². The Morgan fingerprint density at radius 3 is 2.44 bits per heavy atom. The van der Waals surface area contributed by atoms with Gasteiger partial charge in [-0.2, -0.15) is 4.31 Å². The maximum absolute atomic E-state index is 12.8. The number of carbonyl (C=O) groups is 1. The highest BCUT2D eigenvalue weighted by Gasteiger charge is 2.24. The molecule has 0 aliphatic heterocycles. The van der Waals surface area contributed by atoms with Gasteiger partial charge < -0.3 is 9.15 Å². The molecule has 1 heterocycles. The summed E-state index contributed by atoms with van der Waals surface area (Å²) in [6.07, 6.45) is 0. The predicted molar refractivity (Wildman–Crippen MR) is 123 cm³/mol. The average Bonchev–Trinajstić information content (AvgIpc) is 2.75. The van der Waals surface area contributed by atoms with Gasteiger partial charge >= 0.3 is 11.6 Å². The molecule has 32 heavy (non-hydrogen) atoms. The molecule has 0 N–H and O–H groups in total. The summed E-state index contributed by atoms with van der Waals surface area (Å²) in [6.45, 7) is 7.60. The molecule has 0 aliphatic carbocycles. The fourth-order valence-electron chi connectivity index (χ4n) is 3.40. The highest BCUT2D eigenvalue weighted by atomic mass is 35.5. The maximum atomic E-state index is 12.8. The third-order valence-corrected chi connectivity index (χ3v) is 7.75. The minimum absolute atomic E-state index is 0.0468. The first-order chi connectivity index (χ1) is 15.1. The number of halogens is 1. The van der Waals surface area contributed by atoms with Crippen LogP contribution in [0.3, 0.4) is 0 Å². The van der Waals surface area contributed by atoms with Crippen LogP contribution in [0.15, 0.2) is 50.5 Å². The van der Waals surface area contributed by atoms with Crippen molar-refractivity contribution < 1.29 is 22.4 Å². The van der Waals surface area contributed by atoms with E-state index >= 15 is 0 Å². The second-order valence-electron chi connectivity index (χ2n) is 7.28. The topological polar surface area (TPSA) is 93.9 Å². The van der Waals surface area contributed by atoms with E-state index in [1.165, 1.54) is 28.6 Å². The predicted octanol–water partition coefficient (Wildman–Crippen LogP) is 4.45. The number of hydrogen-bond donors (Lipinski definition) is 0. The second kappa shape index (κ2) is 9.44. The molecule has 3 rings (SSSR count). The molecule has 0 unspecified atom stereocenters. The van der Waals surface area contributed by atoms with Crippen molar-refractivity contribution in [1.29, 1.82) is 0 Å². The van der Waals surface area contributed by atoms with Gasteiger partial charge in [-0.25, -0.2) is 18.0 Å². The van der Waals surface area contributed by atoms with Crippen molar-refractivity contribution in [2.24, 2.45) is 0 Å². The Hall–Kier alpha value is -2.68. The number of ether oxygens (including phenoxy) is 1. The number of rotatable bonds is 7. The molecule has 1 aromatic heterocycles. The van der Waals surface area contributed by atoms with Crippen LogP contribution < -0.4 is 5.63 Å². The lowest BCUT2D eigenvalue weighted by molar-refractivity contribution is 0.0473. The Balaban J connectivity index is 1.92. The van der Waals surface area contributed by atoms with Crippen molar-refractivity contribution in [2.75, 3.05) is 13.1 Å². The molecule has 3 aromatic rings. The summed E-state index contributed by atoms with van der Waals surface area (Å²) in [6, 6.07) is 8.88. The van der Waals surface area contributed by atoms with Gasteiger partial charge in [0.15, 0.2) is 0 Å². The van der Waals surface area contributed by atoms with Gasteiger partial charge in [0.1, 0.15) is 12.2 Å². The van der Waals surface area contributed by atoms with Crippen LogP contribution in [0.1, 0.15) is 40.9 Å². The molecule has 0 bridgehead atoms. The third-order valence-electron chi connectivity index (χ3n) is 5.38. The number of esters is 1. The molecule has 0 aliphatic rings. The molecule has 0 saturated carbocycles. The van der Waals surface area contributed by atoms with E-state index < -0.39 is 21.6 Å². The largest absolute Gasteiger partial charge is 0.457 e. The number of nitrogens with zero attached hydrogens (tertiary/aromatic N) is 1. The van der Waals surface area contributed by atoms with E-state index in [0.717, 1.165) is 11.1 Å². The normalized spacial score (nSPS) is 11.8. The van der Waals surface area contributed by atoms with Crippen LogP contribution in [0.25, 0.3) is 11.0 Å². The van der Waals surface area contributed by atoms with Gasteiger partial charge in [0.05, 0.1) is 15.5 Å². The van der Waals surface area contributed by atoms with E-state index in [4.69, 9.17) is 20.8 Å². The summed E-state index contributed by atoms with van der Waals surface area (Å²) in [4.78, 5) is 24.7. The van der Waals surface area contributed by atoms with Crippen LogP contribution in [0.2, 0.25) is 5.02 Å². The van der Waals surface area contributed by atoms with Crippen molar-refractivity contribution in [3.63, 3.8) is 0 Å². The zero-order chi connectivity index (χ0) is 23.6. The first-order valence-corrected chi connectivity index (χ1v) is 11.9. The monoisotopic (exact) mass is 477 g/mol. The molecular weight excluding hydrogens is 454 g/mol. The Morgan fingerprint density at radius 2 is 1.78 bits per heavy atom. The van der Waals surface area contributed by atoms with Crippen LogP contribution in [0.5, 0.6) is 0 Å². The number of sulfonamides is 1. The fraction of sp³-hybridized carbons (Fsp3) is 0.304. The van der Waals surface area contributed by atoms with E-state index in [0.29, 0.717) is 29.6 Å². The van der Waals surface area contributed by atoms with Gasteiger partial charge in [0.2, 0.25) is 10.0 Å². The van der Waals surface area contributed by atoms with Crippen LogP contribution >= 0.6 is 11.6 Å². The molecule has 0 atom stereocenters. The molecular formula is C23H24ClNO6S. The Labute approximate surface area is 191 Å². The van der Waals surface area contributed by atoms with Crippen molar-refractivity contribution in [3.8, 4) is 0 Å². The lowest BCUT2D eigenvalue weighted by Gasteiger charge is -2.19. The summed E-state index contributed by atoms with van der Waals surface area (Å²) in [5, 5.41) is 0.724. The van der Waals surface area contributed by atoms with Gasteiger partial charge in [0.25, 0.3) is 0 Å². The van der Waals surface area contributed by atoms with Gasteiger partial charge in [-0.1, -0.05) is 37.6 Å². The summed E-state index contributed by atoms with van der Waals surface area (Å²) >= 11 is 6.15. The maximum Gasteiger partial charge on any atom is 0.340 e. The molecule has 7 nitrogen and oxygen atoms in total. The summed E-state index contributed by atoms with van der Waals surface area (Å²) in [5.74, 6) is -0.795. The number of carbonyl (C=O) groups excluding carboxylic acids is 1. The van der Waals surface area contributed by atoms with Crippen LogP contribution in [0.4, 0.5) is 0 Å². The highest BCUT2D eigenvalue weighted by Crippen LogP contribution is 2.26. The Bertz CT molecular complexity index is 1340. The van der Waals surface area contributed by atoms with Gasteiger partial charge in [-0.3, -0.25) is 0 Å². The van der Waals surface area contributed by atoms with E-state index in [2.05, 4.69) is 0 Å². The summed E-state index contributed by atoms with van der Waals surface area (Å²) < 4.78 is 37.6. The molecule has 0 amide bonds. The molecule has 170 valence electrons. The van der Waals surface area contributed by atoms with E-state index in [1.54, 1.807) is 19.9 Å². The first kappa shape index (κ1) is 24.0. The van der Waals surface area contributed by atoms with Crippen molar-refractivity contribution in [1.82, 2.24) is 4.31 Å². The number of benzene rings is 2. The molecule has 0 saturated heterocycles. The zero-order valence-corrected chi connectivity index (χ0v) is 19.8. The molecule has 0 radical (unpaired) electrons. The van der Waals surface area contributed by atoms with Gasteiger partial charge in [0, 0.05) is 30.1 Å². The zero-order valence-electron chi connectivity index (χ0n) is 18.3. The van der Waals surface area contributed by atoms with Crippen molar-refractivity contribution >= 4 is 38.6 Å². The van der Waals surface area contributed by atoms with Crippen molar-refractivity contribution in [3.05, 3.63) is 74.1 Å². The molecule has 9 heteroatoms. The number of fused-ring (bicyclic) bond motifs is 1. The van der Waals surface area contributed by atoms with Crippen molar-refractivity contribution in [2.45, 2.75) is 39.2 Å². The quantitative estimate of drug-likeness (QED) is 0.368. The third kappa shape index (κ3) is 4.57. The minimum atomic E-state index is -3.77. The molecule has 0 spiro atoms. The smallest absolute Gasteiger partial charge is 0.340 e. The standard InChI is InChI=1S/C23H24ClNO6S/c1-5-25(6-2)32(28,29)17-8-10-20(24)19(12-17)23(27)30-13-16-11-21(26)31-22-15(4)14(3)7-9-18(16)22/h7-12H,5-6,13H2,1-4H3. The average molecular weight is 478 g/mol. The Kier molecular flexibility index (Phi) is 7.07. The van der Waals surface area contributed by atoms with E-state index in [1.807, 2.05) is 19.9 Å². The van der Waals surface area contributed by atoms with Crippen LogP contribution in [-0.2, 0) is 21.4 Å². The number of hydrogen-bond acceptors (Lipinski definition) is 6. The summed E-state index contributed by atoms with van der Waals surface area (Å²) in [7, 11) is -3.77.